The Morgan fingerprint density at radius 1 is 1.17 bits per heavy atom. The number of ether oxygens (including phenoxy) is 1. The van der Waals surface area contributed by atoms with Crippen LogP contribution in [0.15, 0.2) is 75.8 Å². The number of para-hydroxylation sites is 1. The van der Waals surface area contributed by atoms with Crippen molar-refractivity contribution in [3.8, 4) is 0 Å². The second-order valence-corrected chi connectivity index (χ2v) is 10.3. The van der Waals surface area contributed by atoms with E-state index < -0.39 is 12.0 Å². The van der Waals surface area contributed by atoms with E-state index in [2.05, 4.69) is 47.7 Å². The standard InChI is InChI=1S/C29H29N3O3S/c1-6-35-28(34)25-18(4)30-29-32(26(25)20-13-11-19(12-14-20)17(2)3)27(33)24(36-29)15-21-16-31(5)23-10-8-7-9-22(21)23/h7-17,26H,6H2,1-5H3/b24-15-/t26-/m1/s1. The van der Waals surface area contributed by atoms with Crippen LogP contribution in [0.25, 0.3) is 17.0 Å². The summed E-state index contributed by atoms with van der Waals surface area (Å²) in [6, 6.07) is 15.6. The lowest BCUT2D eigenvalue weighted by molar-refractivity contribution is -0.139. The number of aromatic nitrogens is 2. The maximum Gasteiger partial charge on any atom is 0.338 e. The molecule has 1 aliphatic heterocycles. The van der Waals surface area contributed by atoms with E-state index in [1.165, 1.54) is 16.9 Å². The summed E-state index contributed by atoms with van der Waals surface area (Å²) in [4.78, 5) is 32.2. The van der Waals surface area contributed by atoms with Gasteiger partial charge in [-0.05, 0) is 43.0 Å². The number of hydrogen-bond donors (Lipinski definition) is 0. The van der Waals surface area contributed by atoms with Crippen molar-refractivity contribution in [1.29, 1.82) is 0 Å². The van der Waals surface area contributed by atoms with Crippen LogP contribution in [-0.2, 0) is 16.6 Å². The van der Waals surface area contributed by atoms with Crippen LogP contribution in [0.4, 0.5) is 0 Å². The first kappa shape index (κ1) is 24.0. The number of thiazole rings is 1. The Kier molecular flexibility index (Phi) is 6.26. The zero-order chi connectivity index (χ0) is 25.6. The predicted octanol–water partition coefficient (Wildman–Crippen LogP) is 4.41. The second kappa shape index (κ2) is 9.39. The molecule has 1 aliphatic rings. The van der Waals surface area contributed by atoms with Gasteiger partial charge in [-0.1, -0.05) is 67.6 Å². The molecule has 0 radical (unpaired) electrons. The third-order valence-corrected chi connectivity index (χ3v) is 7.63. The molecule has 0 saturated carbocycles. The molecule has 4 aromatic rings. The summed E-state index contributed by atoms with van der Waals surface area (Å²) in [6.07, 6.45) is 3.95. The predicted molar refractivity (Wildman–Crippen MR) is 144 cm³/mol. The SMILES string of the molecule is CCOC(=O)C1=C(C)N=c2s/c(=C\c3cn(C)c4ccccc34)c(=O)n2[C@@H]1c1ccc(C(C)C)cc1. The van der Waals surface area contributed by atoms with E-state index in [-0.39, 0.29) is 12.2 Å². The zero-order valence-corrected chi connectivity index (χ0v) is 21.9. The van der Waals surface area contributed by atoms with Gasteiger partial charge in [-0.3, -0.25) is 9.36 Å². The first-order valence-electron chi connectivity index (χ1n) is 12.1. The molecule has 2 aromatic heterocycles. The molecule has 2 aromatic carbocycles. The minimum Gasteiger partial charge on any atom is -0.463 e. The Bertz CT molecular complexity index is 1680. The number of carbonyl (C=O) groups excluding carboxylic acids is 1. The highest BCUT2D eigenvalue weighted by Gasteiger charge is 2.33. The Labute approximate surface area is 213 Å². The van der Waals surface area contributed by atoms with Gasteiger partial charge < -0.3 is 9.30 Å². The van der Waals surface area contributed by atoms with E-state index in [0.29, 0.717) is 26.5 Å². The maximum atomic E-state index is 13.9. The summed E-state index contributed by atoms with van der Waals surface area (Å²) in [5, 5.41) is 1.08. The molecule has 0 spiro atoms. The summed E-state index contributed by atoms with van der Waals surface area (Å²) in [5.41, 5.74) is 4.93. The third kappa shape index (κ3) is 4.03. The van der Waals surface area contributed by atoms with Crippen molar-refractivity contribution in [3.05, 3.63) is 102 Å². The van der Waals surface area contributed by atoms with Crippen LogP contribution in [0.1, 0.15) is 56.3 Å². The van der Waals surface area contributed by atoms with Gasteiger partial charge in [0.1, 0.15) is 0 Å². The average Bonchev–Trinajstić information content (AvgIpc) is 3.34. The van der Waals surface area contributed by atoms with Crippen LogP contribution in [0, 0.1) is 0 Å². The Hall–Kier alpha value is -3.71. The minimum atomic E-state index is -0.601. The normalized spacial score (nSPS) is 15.9. The monoisotopic (exact) mass is 499 g/mol. The van der Waals surface area contributed by atoms with Gasteiger partial charge in [0.2, 0.25) is 0 Å². The van der Waals surface area contributed by atoms with Gasteiger partial charge in [0, 0.05) is 29.7 Å². The highest BCUT2D eigenvalue weighted by atomic mass is 32.1. The van der Waals surface area contributed by atoms with Crippen molar-refractivity contribution in [2.45, 2.75) is 39.7 Å². The fourth-order valence-corrected chi connectivity index (χ4v) is 5.84. The van der Waals surface area contributed by atoms with E-state index in [1.54, 1.807) is 11.5 Å². The molecule has 0 aliphatic carbocycles. The number of esters is 1. The molecule has 0 N–H and O–H groups in total. The molecule has 6 nitrogen and oxygen atoms in total. The quantitative estimate of drug-likeness (QED) is 0.382. The van der Waals surface area contributed by atoms with Crippen molar-refractivity contribution < 1.29 is 9.53 Å². The van der Waals surface area contributed by atoms with Crippen molar-refractivity contribution >= 4 is 34.3 Å². The Balaban J connectivity index is 1.73. The molecule has 1 atom stereocenters. The van der Waals surface area contributed by atoms with Crippen LogP contribution in [0.3, 0.4) is 0 Å². The van der Waals surface area contributed by atoms with Gasteiger partial charge >= 0.3 is 5.97 Å². The van der Waals surface area contributed by atoms with E-state index in [0.717, 1.165) is 22.0 Å². The molecule has 184 valence electrons. The van der Waals surface area contributed by atoms with Crippen molar-refractivity contribution in [2.24, 2.45) is 12.0 Å². The molecule has 3 heterocycles. The second-order valence-electron chi connectivity index (χ2n) is 9.34. The van der Waals surface area contributed by atoms with Crippen LogP contribution < -0.4 is 14.9 Å². The Morgan fingerprint density at radius 2 is 1.89 bits per heavy atom. The van der Waals surface area contributed by atoms with Gasteiger partial charge in [0.05, 0.1) is 28.5 Å². The lowest BCUT2D eigenvalue weighted by Crippen LogP contribution is -2.39. The van der Waals surface area contributed by atoms with Crippen LogP contribution >= 0.6 is 11.3 Å². The summed E-state index contributed by atoms with van der Waals surface area (Å²) < 4.78 is 9.67. The molecule has 36 heavy (non-hydrogen) atoms. The number of carbonyl (C=O) groups is 1. The lowest BCUT2D eigenvalue weighted by atomic mass is 9.93. The summed E-state index contributed by atoms with van der Waals surface area (Å²) >= 11 is 1.34. The van der Waals surface area contributed by atoms with Gasteiger partial charge in [0.15, 0.2) is 4.80 Å². The molecular formula is C29H29N3O3S. The number of benzene rings is 2. The largest absolute Gasteiger partial charge is 0.463 e. The van der Waals surface area contributed by atoms with Crippen molar-refractivity contribution in [2.75, 3.05) is 6.61 Å². The number of nitrogens with zero attached hydrogens (tertiary/aromatic N) is 3. The van der Waals surface area contributed by atoms with Gasteiger partial charge in [-0.15, -0.1) is 0 Å². The number of fused-ring (bicyclic) bond motifs is 2. The van der Waals surface area contributed by atoms with E-state index >= 15 is 0 Å². The van der Waals surface area contributed by atoms with Gasteiger partial charge in [-0.25, -0.2) is 9.79 Å². The first-order valence-corrected chi connectivity index (χ1v) is 13.0. The molecule has 0 bridgehead atoms. The molecule has 5 rings (SSSR count). The van der Waals surface area contributed by atoms with Gasteiger partial charge in [-0.2, -0.15) is 0 Å². The lowest BCUT2D eigenvalue weighted by Gasteiger charge is -2.25. The molecule has 0 fully saturated rings. The maximum absolute atomic E-state index is 13.9. The highest BCUT2D eigenvalue weighted by molar-refractivity contribution is 7.07. The van der Waals surface area contributed by atoms with Crippen LogP contribution in [-0.4, -0.2) is 21.7 Å². The van der Waals surface area contributed by atoms with Gasteiger partial charge in [0.25, 0.3) is 5.56 Å². The molecule has 0 unspecified atom stereocenters. The molecule has 0 saturated heterocycles. The number of allylic oxidation sites excluding steroid dienone is 1. The molecule has 7 heteroatoms. The zero-order valence-electron chi connectivity index (χ0n) is 21.1. The fourth-order valence-electron chi connectivity index (χ4n) is 4.80. The van der Waals surface area contributed by atoms with Crippen molar-refractivity contribution in [3.63, 3.8) is 0 Å². The van der Waals surface area contributed by atoms with Crippen molar-refractivity contribution in [1.82, 2.24) is 9.13 Å². The summed E-state index contributed by atoms with van der Waals surface area (Å²) in [7, 11) is 2.00. The van der Waals surface area contributed by atoms with E-state index in [4.69, 9.17) is 4.74 Å². The number of hydrogen-bond acceptors (Lipinski definition) is 5. The van der Waals surface area contributed by atoms with E-state index in [9.17, 15) is 9.59 Å². The fraction of sp³-hybridized carbons (Fsp3) is 0.276. The summed E-state index contributed by atoms with van der Waals surface area (Å²) in [5.74, 6) is -0.0661. The topological polar surface area (TPSA) is 65.6 Å². The molecular weight excluding hydrogens is 470 g/mol. The summed E-state index contributed by atoms with van der Waals surface area (Å²) in [6.45, 7) is 8.11. The smallest absolute Gasteiger partial charge is 0.338 e. The average molecular weight is 500 g/mol. The molecule has 0 amide bonds. The van der Waals surface area contributed by atoms with E-state index in [1.807, 2.05) is 50.5 Å². The van der Waals surface area contributed by atoms with Crippen LogP contribution in [0.5, 0.6) is 0 Å². The highest BCUT2D eigenvalue weighted by Crippen LogP contribution is 2.31. The number of aryl methyl sites for hydroxylation is 1. The number of rotatable bonds is 5. The Morgan fingerprint density at radius 3 is 2.58 bits per heavy atom. The van der Waals surface area contributed by atoms with Crippen LogP contribution in [0.2, 0.25) is 0 Å². The first-order chi connectivity index (χ1) is 17.3. The minimum absolute atomic E-state index is 0.168. The third-order valence-electron chi connectivity index (χ3n) is 6.65.